The number of benzene rings is 1. The van der Waals surface area contributed by atoms with Crippen LogP contribution in [-0.2, 0) is 6.54 Å². The molecule has 0 unspecified atom stereocenters. The summed E-state index contributed by atoms with van der Waals surface area (Å²) in [7, 11) is 1.59. The molecule has 0 amide bonds. The normalized spacial score (nSPS) is 19.1. The monoisotopic (exact) mass is 353 g/mol. The molecule has 0 aliphatic heterocycles. The maximum Gasteiger partial charge on any atom is 0.347 e. The minimum Gasteiger partial charge on any atom is -0.497 e. The summed E-state index contributed by atoms with van der Waals surface area (Å²) in [4.78, 5) is 25.2. The van der Waals surface area contributed by atoms with E-state index in [1.54, 1.807) is 25.5 Å². The van der Waals surface area contributed by atoms with Gasteiger partial charge in [-0.3, -0.25) is 0 Å². The van der Waals surface area contributed by atoms with Gasteiger partial charge in [-0.15, -0.1) is 0 Å². The smallest absolute Gasteiger partial charge is 0.347 e. The molecule has 0 fully saturated rings. The molecular formula is C19H19N3O4. The molecule has 2 atom stereocenters. The lowest BCUT2D eigenvalue weighted by atomic mass is 10.0. The summed E-state index contributed by atoms with van der Waals surface area (Å²) >= 11 is 0. The minimum absolute atomic E-state index is 0.0739. The summed E-state index contributed by atoms with van der Waals surface area (Å²) in [6.07, 6.45) is 6.28. The molecule has 3 aromatic rings. The van der Waals surface area contributed by atoms with Crippen molar-refractivity contribution in [2.45, 2.75) is 24.9 Å². The van der Waals surface area contributed by atoms with Crippen LogP contribution in [0.2, 0.25) is 0 Å². The van der Waals surface area contributed by atoms with Crippen molar-refractivity contribution in [3.8, 4) is 5.75 Å². The molecule has 1 aromatic carbocycles. The zero-order valence-electron chi connectivity index (χ0n) is 14.3. The van der Waals surface area contributed by atoms with E-state index in [4.69, 9.17) is 9.15 Å². The molecular weight excluding hydrogens is 334 g/mol. The number of allylic oxidation sites excluding steroid dienone is 2. The fourth-order valence-corrected chi connectivity index (χ4v) is 3.38. The highest BCUT2D eigenvalue weighted by Crippen LogP contribution is 2.36. The molecule has 0 bridgehead atoms. The van der Waals surface area contributed by atoms with Crippen LogP contribution in [0.3, 0.4) is 0 Å². The summed E-state index contributed by atoms with van der Waals surface area (Å²) < 4.78 is 13.2. The Morgan fingerprint density at radius 1 is 1.23 bits per heavy atom. The molecule has 7 heteroatoms. The third kappa shape index (κ3) is 2.81. The molecule has 1 N–H and O–H groups in total. The van der Waals surface area contributed by atoms with E-state index in [1.807, 2.05) is 36.4 Å². The summed E-state index contributed by atoms with van der Waals surface area (Å²) in [6.45, 7) is 0.205. The van der Waals surface area contributed by atoms with Gasteiger partial charge < -0.3 is 9.15 Å². The maximum absolute atomic E-state index is 12.8. The van der Waals surface area contributed by atoms with Crippen LogP contribution in [0, 0.1) is 0 Å². The lowest BCUT2D eigenvalue weighted by molar-refractivity contribution is 0.376. The van der Waals surface area contributed by atoms with Crippen molar-refractivity contribution in [2.24, 2.45) is 0 Å². The Labute approximate surface area is 149 Å². The fraction of sp³-hybridized carbons (Fsp3) is 0.263. The van der Waals surface area contributed by atoms with E-state index < -0.39 is 5.69 Å². The second-order valence-corrected chi connectivity index (χ2v) is 6.28. The van der Waals surface area contributed by atoms with E-state index in [1.165, 1.54) is 9.25 Å². The molecule has 2 heterocycles. The molecule has 1 aliphatic rings. The van der Waals surface area contributed by atoms with Crippen molar-refractivity contribution in [3.05, 3.63) is 87.1 Å². The van der Waals surface area contributed by atoms with Crippen LogP contribution in [0.5, 0.6) is 5.75 Å². The number of ether oxygens (including phenoxy) is 1. The highest BCUT2D eigenvalue weighted by atomic mass is 16.5. The average molecular weight is 353 g/mol. The van der Waals surface area contributed by atoms with E-state index in [9.17, 15) is 9.59 Å². The van der Waals surface area contributed by atoms with Gasteiger partial charge in [-0.25, -0.2) is 23.9 Å². The highest BCUT2D eigenvalue weighted by Gasteiger charge is 2.30. The number of H-pyrrole nitrogens is 1. The summed E-state index contributed by atoms with van der Waals surface area (Å²) in [6, 6.07) is 10.8. The Bertz CT molecular complexity index is 1020. The SMILES string of the molecule is COc1ccc(Cn2c(=O)[nH]n([C@H]3CC=C[C@@H]3c3ccco3)c2=O)cc1. The minimum atomic E-state index is -0.420. The van der Waals surface area contributed by atoms with Gasteiger partial charge in [0.05, 0.1) is 31.9 Å². The number of aromatic amines is 1. The van der Waals surface area contributed by atoms with Gasteiger partial charge in [0, 0.05) is 0 Å². The van der Waals surface area contributed by atoms with Gasteiger partial charge in [-0.2, -0.15) is 0 Å². The summed E-state index contributed by atoms with van der Waals surface area (Å²) in [5.41, 5.74) is 0.0790. The number of hydrogen-bond donors (Lipinski definition) is 1. The number of rotatable bonds is 5. The van der Waals surface area contributed by atoms with Crippen LogP contribution >= 0.6 is 0 Å². The Morgan fingerprint density at radius 2 is 2.04 bits per heavy atom. The Morgan fingerprint density at radius 3 is 2.73 bits per heavy atom. The zero-order chi connectivity index (χ0) is 18.1. The van der Waals surface area contributed by atoms with Crippen molar-refractivity contribution in [2.75, 3.05) is 7.11 Å². The molecule has 0 radical (unpaired) electrons. The van der Waals surface area contributed by atoms with Gasteiger partial charge >= 0.3 is 11.4 Å². The molecule has 0 saturated heterocycles. The van der Waals surface area contributed by atoms with Crippen molar-refractivity contribution in [1.82, 2.24) is 14.3 Å². The highest BCUT2D eigenvalue weighted by molar-refractivity contribution is 5.27. The summed E-state index contributed by atoms with van der Waals surface area (Å²) in [5.74, 6) is 1.43. The molecule has 1 aliphatic carbocycles. The molecule has 2 aromatic heterocycles. The van der Waals surface area contributed by atoms with Crippen LogP contribution in [0.15, 0.2) is 68.8 Å². The van der Waals surface area contributed by atoms with Crippen LogP contribution in [0.4, 0.5) is 0 Å². The molecule has 26 heavy (non-hydrogen) atoms. The summed E-state index contributed by atoms with van der Waals surface area (Å²) in [5, 5.41) is 2.69. The van der Waals surface area contributed by atoms with Crippen LogP contribution < -0.4 is 16.1 Å². The third-order valence-electron chi connectivity index (χ3n) is 4.74. The standard InChI is InChI=1S/C19H19N3O4/c1-25-14-9-7-13(8-10-14)12-21-18(23)20-22(19(21)24)16-5-2-4-15(16)17-6-3-11-26-17/h2-4,6-11,15-16H,5,12H2,1H3,(H,20,23)/t15-,16-/m0/s1. The molecule has 0 spiro atoms. The van der Waals surface area contributed by atoms with Crippen LogP contribution in [-0.4, -0.2) is 21.5 Å². The van der Waals surface area contributed by atoms with E-state index >= 15 is 0 Å². The largest absolute Gasteiger partial charge is 0.497 e. The third-order valence-corrected chi connectivity index (χ3v) is 4.74. The van der Waals surface area contributed by atoms with Crippen molar-refractivity contribution < 1.29 is 9.15 Å². The second-order valence-electron chi connectivity index (χ2n) is 6.28. The Kier molecular flexibility index (Phi) is 4.12. The zero-order valence-corrected chi connectivity index (χ0v) is 14.3. The first-order chi connectivity index (χ1) is 12.7. The first-order valence-electron chi connectivity index (χ1n) is 8.41. The van der Waals surface area contributed by atoms with Gasteiger partial charge in [0.25, 0.3) is 0 Å². The Balaban J connectivity index is 1.64. The van der Waals surface area contributed by atoms with E-state index in [0.29, 0.717) is 6.42 Å². The van der Waals surface area contributed by atoms with E-state index in [0.717, 1.165) is 17.1 Å². The number of nitrogens with zero attached hydrogens (tertiary/aromatic N) is 2. The van der Waals surface area contributed by atoms with Crippen molar-refractivity contribution in [1.29, 1.82) is 0 Å². The molecule has 134 valence electrons. The number of methoxy groups -OCH3 is 1. The fourth-order valence-electron chi connectivity index (χ4n) is 3.38. The predicted octanol–water partition coefficient (Wildman–Crippen LogP) is 2.27. The number of furan rings is 1. The quantitative estimate of drug-likeness (QED) is 0.714. The van der Waals surface area contributed by atoms with Gasteiger partial charge in [0.15, 0.2) is 0 Å². The van der Waals surface area contributed by atoms with Gasteiger partial charge in [-0.05, 0) is 36.2 Å². The lowest BCUT2D eigenvalue weighted by Gasteiger charge is -2.17. The van der Waals surface area contributed by atoms with Crippen LogP contribution in [0.1, 0.15) is 29.7 Å². The second kappa shape index (κ2) is 6.59. The number of hydrogen-bond acceptors (Lipinski definition) is 4. The van der Waals surface area contributed by atoms with E-state index in [2.05, 4.69) is 5.10 Å². The first kappa shape index (κ1) is 16.3. The van der Waals surface area contributed by atoms with Gasteiger partial charge in [0.1, 0.15) is 11.5 Å². The maximum atomic E-state index is 12.8. The lowest BCUT2D eigenvalue weighted by Crippen LogP contribution is -2.31. The predicted molar refractivity (Wildman–Crippen MR) is 95.7 cm³/mol. The molecule has 4 rings (SSSR count). The average Bonchev–Trinajstić information content (AvgIpc) is 3.38. The van der Waals surface area contributed by atoms with Crippen molar-refractivity contribution >= 4 is 0 Å². The topological polar surface area (TPSA) is 82.2 Å². The number of aromatic nitrogens is 3. The molecule has 7 nitrogen and oxygen atoms in total. The first-order valence-corrected chi connectivity index (χ1v) is 8.41. The van der Waals surface area contributed by atoms with E-state index in [-0.39, 0.29) is 24.2 Å². The van der Waals surface area contributed by atoms with Gasteiger partial charge in [-0.1, -0.05) is 24.3 Å². The molecule has 0 saturated carbocycles. The van der Waals surface area contributed by atoms with Gasteiger partial charge in [0.2, 0.25) is 0 Å². The van der Waals surface area contributed by atoms with Crippen molar-refractivity contribution in [3.63, 3.8) is 0 Å². The Hall–Kier alpha value is -3.22. The number of nitrogens with one attached hydrogen (secondary N) is 1. The van der Waals surface area contributed by atoms with Crippen LogP contribution in [0.25, 0.3) is 0 Å².